The molecule has 1 unspecified atom stereocenters. The SMILES string of the molecule is Fc1ccccc1-c1nc(CN2CCC3(CCCOC3)C2)cs1. The molecule has 0 N–H and O–H groups in total. The lowest BCUT2D eigenvalue weighted by Gasteiger charge is -2.33. The molecule has 0 saturated carbocycles. The maximum Gasteiger partial charge on any atom is 0.133 e. The quantitative estimate of drug-likeness (QED) is 0.851. The Hall–Kier alpha value is -1.30. The van der Waals surface area contributed by atoms with Crippen LogP contribution in [0.4, 0.5) is 4.39 Å². The van der Waals surface area contributed by atoms with Gasteiger partial charge in [0.2, 0.25) is 0 Å². The first kappa shape index (κ1) is 15.2. The van der Waals surface area contributed by atoms with Crippen LogP contribution in [-0.4, -0.2) is 36.2 Å². The molecule has 1 aromatic heterocycles. The van der Waals surface area contributed by atoms with Crippen LogP contribution in [-0.2, 0) is 11.3 Å². The van der Waals surface area contributed by atoms with E-state index in [-0.39, 0.29) is 5.82 Å². The van der Waals surface area contributed by atoms with Crippen LogP contribution in [0.5, 0.6) is 0 Å². The van der Waals surface area contributed by atoms with Crippen molar-refractivity contribution in [3.63, 3.8) is 0 Å². The first-order valence-electron chi connectivity index (χ1n) is 8.24. The van der Waals surface area contributed by atoms with E-state index < -0.39 is 0 Å². The lowest BCUT2D eigenvalue weighted by atomic mass is 9.82. The Labute approximate surface area is 140 Å². The second-order valence-electron chi connectivity index (χ2n) is 6.74. The zero-order chi connectivity index (χ0) is 15.7. The maximum absolute atomic E-state index is 13.9. The van der Waals surface area contributed by atoms with Crippen molar-refractivity contribution in [2.45, 2.75) is 25.8 Å². The van der Waals surface area contributed by atoms with Gasteiger partial charge < -0.3 is 4.74 Å². The number of rotatable bonds is 3. The zero-order valence-corrected chi connectivity index (χ0v) is 13.9. The van der Waals surface area contributed by atoms with E-state index in [9.17, 15) is 4.39 Å². The molecule has 2 aliphatic heterocycles. The fourth-order valence-corrected chi connectivity index (χ4v) is 4.60. The molecule has 5 heteroatoms. The van der Waals surface area contributed by atoms with Gasteiger partial charge in [0.15, 0.2) is 0 Å². The standard InChI is InChI=1S/C18H21FN2OS/c19-16-5-2-1-4-15(16)17-20-14(11-23-17)10-21-8-7-18(12-21)6-3-9-22-13-18/h1-2,4-5,11H,3,6-10,12-13H2. The van der Waals surface area contributed by atoms with Gasteiger partial charge in [-0.15, -0.1) is 11.3 Å². The van der Waals surface area contributed by atoms with E-state index in [0.29, 0.717) is 11.0 Å². The third-order valence-corrected chi connectivity index (χ3v) is 5.89. The molecule has 0 amide bonds. The summed E-state index contributed by atoms with van der Waals surface area (Å²) >= 11 is 1.52. The van der Waals surface area contributed by atoms with Gasteiger partial charge in [-0.05, 0) is 37.9 Å². The highest BCUT2D eigenvalue weighted by molar-refractivity contribution is 7.13. The van der Waals surface area contributed by atoms with Crippen molar-refractivity contribution < 1.29 is 9.13 Å². The molecule has 1 spiro atoms. The second-order valence-corrected chi connectivity index (χ2v) is 7.60. The Morgan fingerprint density at radius 3 is 3.04 bits per heavy atom. The first-order chi connectivity index (χ1) is 11.2. The number of thiazole rings is 1. The summed E-state index contributed by atoms with van der Waals surface area (Å²) < 4.78 is 19.6. The molecular formula is C18H21FN2OS. The van der Waals surface area contributed by atoms with Crippen molar-refractivity contribution >= 4 is 11.3 Å². The van der Waals surface area contributed by atoms with E-state index in [1.165, 1.54) is 36.7 Å². The molecule has 2 aliphatic rings. The fraction of sp³-hybridized carbons (Fsp3) is 0.500. The van der Waals surface area contributed by atoms with Crippen LogP contribution in [0.3, 0.4) is 0 Å². The topological polar surface area (TPSA) is 25.4 Å². The molecule has 2 saturated heterocycles. The van der Waals surface area contributed by atoms with Gasteiger partial charge in [0.05, 0.1) is 12.3 Å². The summed E-state index contributed by atoms with van der Waals surface area (Å²) in [7, 11) is 0. The van der Waals surface area contributed by atoms with Crippen molar-refractivity contribution in [3.05, 3.63) is 41.2 Å². The van der Waals surface area contributed by atoms with E-state index in [2.05, 4.69) is 15.3 Å². The minimum absolute atomic E-state index is 0.201. The third kappa shape index (κ3) is 3.18. The molecule has 2 aromatic rings. The molecule has 122 valence electrons. The average molecular weight is 332 g/mol. The Kier molecular flexibility index (Phi) is 4.18. The molecule has 4 rings (SSSR count). The van der Waals surface area contributed by atoms with E-state index >= 15 is 0 Å². The van der Waals surface area contributed by atoms with Crippen LogP contribution >= 0.6 is 11.3 Å². The molecule has 2 fully saturated rings. The van der Waals surface area contributed by atoms with Gasteiger partial charge in [0.1, 0.15) is 10.8 Å². The van der Waals surface area contributed by atoms with Gasteiger partial charge in [-0.1, -0.05) is 12.1 Å². The van der Waals surface area contributed by atoms with E-state index in [0.717, 1.165) is 43.5 Å². The summed E-state index contributed by atoms with van der Waals surface area (Å²) in [6.07, 6.45) is 3.68. The molecule has 0 aliphatic carbocycles. The number of aromatic nitrogens is 1. The van der Waals surface area contributed by atoms with Gasteiger partial charge >= 0.3 is 0 Å². The lowest BCUT2D eigenvalue weighted by Crippen LogP contribution is -2.34. The average Bonchev–Trinajstić information content (AvgIpc) is 3.17. The van der Waals surface area contributed by atoms with Gasteiger partial charge in [0, 0.05) is 36.1 Å². The Morgan fingerprint density at radius 2 is 2.22 bits per heavy atom. The van der Waals surface area contributed by atoms with Crippen molar-refractivity contribution in [3.8, 4) is 10.6 Å². The zero-order valence-electron chi connectivity index (χ0n) is 13.1. The first-order valence-corrected chi connectivity index (χ1v) is 9.12. The van der Waals surface area contributed by atoms with Crippen molar-refractivity contribution in [1.29, 1.82) is 0 Å². The Bertz CT molecular complexity index is 681. The van der Waals surface area contributed by atoms with Crippen molar-refractivity contribution in [1.82, 2.24) is 9.88 Å². The number of benzene rings is 1. The predicted molar refractivity (Wildman–Crippen MR) is 89.9 cm³/mol. The van der Waals surface area contributed by atoms with Crippen LogP contribution in [0, 0.1) is 11.2 Å². The molecule has 0 radical (unpaired) electrons. The number of ether oxygens (including phenoxy) is 1. The summed E-state index contributed by atoms with van der Waals surface area (Å²) in [5.41, 5.74) is 2.01. The number of likely N-dealkylation sites (tertiary alicyclic amines) is 1. The minimum Gasteiger partial charge on any atom is -0.381 e. The normalized spacial score (nSPS) is 25.3. The summed E-state index contributed by atoms with van der Waals surface area (Å²) in [6.45, 7) is 4.88. The number of halogens is 1. The van der Waals surface area contributed by atoms with E-state index in [1.807, 2.05) is 6.07 Å². The summed E-state index contributed by atoms with van der Waals surface area (Å²) in [5, 5.41) is 2.83. The Morgan fingerprint density at radius 1 is 1.30 bits per heavy atom. The van der Waals surface area contributed by atoms with Gasteiger partial charge in [0.25, 0.3) is 0 Å². The summed E-state index contributed by atoms with van der Waals surface area (Å²) in [4.78, 5) is 7.11. The number of hydrogen-bond donors (Lipinski definition) is 0. The maximum atomic E-state index is 13.9. The molecule has 0 bridgehead atoms. The largest absolute Gasteiger partial charge is 0.381 e. The monoisotopic (exact) mass is 332 g/mol. The Balaban J connectivity index is 1.44. The molecule has 1 aromatic carbocycles. The fourth-order valence-electron chi connectivity index (χ4n) is 3.76. The summed E-state index contributed by atoms with van der Waals surface area (Å²) in [6, 6.07) is 6.85. The minimum atomic E-state index is -0.201. The lowest BCUT2D eigenvalue weighted by molar-refractivity contribution is -0.00252. The highest BCUT2D eigenvalue weighted by Crippen LogP contribution is 2.38. The second kappa shape index (κ2) is 6.30. The van der Waals surface area contributed by atoms with Crippen LogP contribution in [0.1, 0.15) is 25.0 Å². The van der Waals surface area contributed by atoms with Gasteiger partial charge in [-0.2, -0.15) is 0 Å². The van der Waals surface area contributed by atoms with Gasteiger partial charge in [-0.3, -0.25) is 4.90 Å². The highest BCUT2D eigenvalue weighted by atomic mass is 32.1. The van der Waals surface area contributed by atoms with Gasteiger partial charge in [-0.25, -0.2) is 9.37 Å². The smallest absolute Gasteiger partial charge is 0.133 e. The van der Waals surface area contributed by atoms with Crippen LogP contribution in [0.15, 0.2) is 29.6 Å². The molecule has 3 nitrogen and oxygen atoms in total. The molecule has 3 heterocycles. The predicted octanol–water partition coefficient (Wildman–Crippen LogP) is 3.95. The summed E-state index contributed by atoms with van der Waals surface area (Å²) in [5.74, 6) is -0.201. The highest BCUT2D eigenvalue weighted by Gasteiger charge is 2.39. The van der Waals surface area contributed by atoms with Crippen molar-refractivity contribution in [2.75, 3.05) is 26.3 Å². The van der Waals surface area contributed by atoms with Crippen LogP contribution < -0.4 is 0 Å². The van der Waals surface area contributed by atoms with Crippen molar-refractivity contribution in [2.24, 2.45) is 5.41 Å². The van der Waals surface area contributed by atoms with E-state index in [4.69, 9.17) is 4.74 Å². The molecule has 1 atom stereocenters. The molecular weight excluding hydrogens is 311 g/mol. The van der Waals surface area contributed by atoms with Crippen LogP contribution in [0.2, 0.25) is 0 Å². The van der Waals surface area contributed by atoms with E-state index in [1.54, 1.807) is 12.1 Å². The third-order valence-electron chi connectivity index (χ3n) is 4.96. The number of nitrogens with zero attached hydrogens (tertiary/aromatic N) is 2. The van der Waals surface area contributed by atoms with Crippen LogP contribution in [0.25, 0.3) is 10.6 Å². The number of hydrogen-bond acceptors (Lipinski definition) is 4. The molecule has 23 heavy (non-hydrogen) atoms.